The molecule has 1 aromatic carbocycles. The van der Waals surface area contributed by atoms with Gasteiger partial charge in [0.15, 0.2) is 0 Å². The van der Waals surface area contributed by atoms with E-state index in [1.807, 2.05) is 39.8 Å². The highest BCUT2D eigenvalue weighted by Crippen LogP contribution is 2.17. The molecule has 0 saturated heterocycles. The number of hydrogen-bond donors (Lipinski definition) is 2. The Labute approximate surface area is 103 Å². The molecular weight excluding hydrogens is 214 g/mol. The summed E-state index contributed by atoms with van der Waals surface area (Å²) in [5.74, 6) is -0.438. The molecule has 0 heterocycles. The van der Waals surface area contributed by atoms with Gasteiger partial charge >= 0.3 is 5.97 Å². The number of carboxylic acid groups (broad SMARTS) is 1. The Morgan fingerprint density at radius 2 is 1.76 bits per heavy atom. The lowest BCUT2D eigenvalue weighted by Crippen LogP contribution is -2.30. The minimum Gasteiger partial charge on any atom is -0.480 e. The molecule has 0 aliphatic carbocycles. The summed E-state index contributed by atoms with van der Waals surface area (Å²) >= 11 is 0. The van der Waals surface area contributed by atoms with E-state index < -0.39 is 12.0 Å². The molecule has 0 spiro atoms. The largest absolute Gasteiger partial charge is 0.480 e. The molecule has 3 heteroatoms. The number of aliphatic carboxylic acids is 1. The molecule has 0 fully saturated rings. The van der Waals surface area contributed by atoms with Gasteiger partial charge in [-0.2, -0.15) is 0 Å². The van der Waals surface area contributed by atoms with E-state index in [2.05, 4.69) is 11.4 Å². The van der Waals surface area contributed by atoms with Crippen LogP contribution in [0.2, 0.25) is 0 Å². The molecule has 0 aliphatic rings. The number of carbonyl (C=O) groups is 1. The predicted octanol–water partition coefficient (Wildman–Crippen LogP) is 3.21. The summed E-state index contributed by atoms with van der Waals surface area (Å²) in [7, 11) is 0. The van der Waals surface area contributed by atoms with Crippen LogP contribution in [0.5, 0.6) is 0 Å². The van der Waals surface area contributed by atoms with Crippen LogP contribution in [0.3, 0.4) is 0 Å². The van der Waals surface area contributed by atoms with E-state index >= 15 is 0 Å². The molecule has 1 unspecified atom stereocenters. The van der Waals surface area contributed by atoms with Crippen molar-refractivity contribution in [1.29, 1.82) is 0 Å². The zero-order chi connectivity index (χ0) is 13.0. The summed E-state index contributed by atoms with van der Waals surface area (Å²) in [6.45, 7) is 8.07. The Kier molecular flexibility index (Phi) is 4.55. The van der Waals surface area contributed by atoms with Gasteiger partial charge in [-0.05, 0) is 49.4 Å². The van der Waals surface area contributed by atoms with Gasteiger partial charge in [0.2, 0.25) is 0 Å². The molecule has 0 bridgehead atoms. The highest BCUT2D eigenvalue weighted by atomic mass is 16.4. The number of anilines is 1. The number of benzene rings is 1. The molecular formula is C14H21NO2. The Morgan fingerprint density at radius 1 is 1.24 bits per heavy atom. The topological polar surface area (TPSA) is 49.3 Å². The van der Waals surface area contributed by atoms with E-state index in [1.165, 1.54) is 0 Å². The second-order valence-corrected chi connectivity index (χ2v) is 5.04. The summed E-state index contributed by atoms with van der Waals surface area (Å²) < 4.78 is 0. The maximum atomic E-state index is 11.1. The fraction of sp³-hybridized carbons (Fsp3) is 0.500. The molecule has 0 aromatic heterocycles. The Balaban J connectivity index is 2.82. The first-order valence-corrected chi connectivity index (χ1v) is 5.96. The van der Waals surface area contributed by atoms with Gasteiger partial charge in [-0.3, -0.25) is 0 Å². The first-order chi connectivity index (χ1) is 7.88. The van der Waals surface area contributed by atoms with Gasteiger partial charge in [-0.25, -0.2) is 4.79 Å². The van der Waals surface area contributed by atoms with Crippen molar-refractivity contribution in [3.05, 3.63) is 29.3 Å². The lowest BCUT2D eigenvalue weighted by molar-refractivity contribution is -0.138. The van der Waals surface area contributed by atoms with E-state index in [-0.39, 0.29) is 0 Å². The van der Waals surface area contributed by atoms with E-state index in [0.29, 0.717) is 12.3 Å². The van der Waals surface area contributed by atoms with Gasteiger partial charge in [-0.15, -0.1) is 0 Å². The third kappa shape index (κ3) is 4.47. The Hall–Kier alpha value is -1.51. The molecule has 17 heavy (non-hydrogen) atoms. The monoisotopic (exact) mass is 235 g/mol. The van der Waals surface area contributed by atoms with E-state index in [4.69, 9.17) is 5.11 Å². The highest BCUT2D eigenvalue weighted by Gasteiger charge is 2.18. The third-order valence-electron chi connectivity index (χ3n) is 2.57. The molecule has 1 rings (SSSR count). The van der Waals surface area contributed by atoms with Crippen molar-refractivity contribution in [2.24, 2.45) is 5.92 Å². The van der Waals surface area contributed by atoms with Crippen LogP contribution in [0.1, 0.15) is 31.4 Å². The van der Waals surface area contributed by atoms with Crippen LogP contribution in [-0.4, -0.2) is 17.1 Å². The Bertz CT molecular complexity index is 379. The highest BCUT2D eigenvalue weighted by molar-refractivity contribution is 5.77. The zero-order valence-corrected chi connectivity index (χ0v) is 10.9. The van der Waals surface area contributed by atoms with Crippen LogP contribution in [-0.2, 0) is 4.79 Å². The van der Waals surface area contributed by atoms with Crippen molar-refractivity contribution in [1.82, 2.24) is 0 Å². The Morgan fingerprint density at radius 3 is 2.18 bits per heavy atom. The number of nitrogens with one attached hydrogen (secondary N) is 1. The third-order valence-corrected chi connectivity index (χ3v) is 2.57. The minimum atomic E-state index is -0.794. The molecule has 0 radical (unpaired) electrons. The number of hydrogen-bond acceptors (Lipinski definition) is 2. The van der Waals surface area contributed by atoms with Gasteiger partial charge in [0.1, 0.15) is 6.04 Å². The van der Waals surface area contributed by atoms with Crippen molar-refractivity contribution in [3.63, 3.8) is 0 Å². The SMILES string of the molecule is Cc1cc(C)cc(NC(CC(C)C)C(=O)O)c1. The van der Waals surface area contributed by atoms with Gasteiger partial charge < -0.3 is 10.4 Å². The average molecular weight is 235 g/mol. The maximum absolute atomic E-state index is 11.1. The molecule has 1 aromatic rings. The molecule has 2 N–H and O–H groups in total. The minimum absolute atomic E-state index is 0.356. The van der Waals surface area contributed by atoms with Crippen molar-refractivity contribution in [3.8, 4) is 0 Å². The quantitative estimate of drug-likeness (QED) is 0.824. The molecule has 0 aliphatic heterocycles. The van der Waals surface area contributed by atoms with Gasteiger partial charge in [0.25, 0.3) is 0 Å². The van der Waals surface area contributed by atoms with Crippen molar-refractivity contribution in [2.75, 3.05) is 5.32 Å². The smallest absolute Gasteiger partial charge is 0.326 e. The zero-order valence-electron chi connectivity index (χ0n) is 10.9. The standard InChI is InChI=1S/C14H21NO2/c1-9(2)5-13(14(16)17)15-12-7-10(3)6-11(4)8-12/h6-9,13,15H,5H2,1-4H3,(H,16,17). The summed E-state index contributed by atoms with van der Waals surface area (Å²) in [5, 5.41) is 12.3. The van der Waals surface area contributed by atoms with Gasteiger partial charge in [0, 0.05) is 5.69 Å². The summed E-state index contributed by atoms with van der Waals surface area (Å²) in [6, 6.07) is 5.51. The number of aryl methyl sites for hydroxylation is 2. The van der Waals surface area contributed by atoms with Gasteiger partial charge in [0.05, 0.1) is 0 Å². The summed E-state index contributed by atoms with van der Waals surface area (Å²) in [4.78, 5) is 11.1. The lowest BCUT2D eigenvalue weighted by atomic mass is 10.0. The van der Waals surface area contributed by atoms with E-state index in [0.717, 1.165) is 16.8 Å². The van der Waals surface area contributed by atoms with Crippen LogP contribution >= 0.6 is 0 Å². The number of carboxylic acids is 1. The van der Waals surface area contributed by atoms with E-state index in [9.17, 15) is 4.79 Å². The average Bonchev–Trinajstić information content (AvgIpc) is 2.13. The van der Waals surface area contributed by atoms with Crippen LogP contribution in [0.15, 0.2) is 18.2 Å². The fourth-order valence-corrected chi connectivity index (χ4v) is 1.95. The van der Waals surface area contributed by atoms with Crippen molar-refractivity contribution >= 4 is 11.7 Å². The molecule has 3 nitrogen and oxygen atoms in total. The fourth-order valence-electron chi connectivity index (χ4n) is 1.95. The van der Waals surface area contributed by atoms with Crippen LogP contribution < -0.4 is 5.32 Å². The summed E-state index contributed by atoms with van der Waals surface area (Å²) in [6.07, 6.45) is 0.627. The van der Waals surface area contributed by atoms with Crippen molar-refractivity contribution in [2.45, 2.75) is 40.2 Å². The number of rotatable bonds is 5. The second kappa shape index (κ2) is 5.71. The lowest BCUT2D eigenvalue weighted by Gasteiger charge is -2.18. The first-order valence-electron chi connectivity index (χ1n) is 5.96. The van der Waals surface area contributed by atoms with Crippen LogP contribution in [0.4, 0.5) is 5.69 Å². The first kappa shape index (κ1) is 13.6. The molecule has 94 valence electrons. The maximum Gasteiger partial charge on any atom is 0.326 e. The van der Waals surface area contributed by atoms with Crippen LogP contribution in [0, 0.1) is 19.8 Å². The molecule has 1 atom stereocenters. The van der Waals surface area contributed by atoms with Crippen molar-refractivity contribution < 1.29 is 9.90 Å². The normalized spacial score (nSPS) is 12.5. The predicted molar refractivity (Wildman–Crippen MR) is 70.4 cm³/mol. The molecule has 0 amide bonds. The van der Waals surface area contributed by atoms with Gasteiger partial charge in [-0.1, -0.05) is 19.9 Å². The van der Waals surface area contributed by atoms with Crippen LogP contribution in [0.25, 0.3) is 0 Å². The molecule has 0 saturated carbocycles. The summed E-state index contributed by atoms with van der Waals surface area (Å²) in [5.41, 5.74) is 3.16. The van der Waals surface area contributed by atoms with E-state index in [1.54, 1.807) is 0 Å². The second-order valence-electron chi connectivity index (χ2n) is 5.04.